The molecule has 0 aliphatic carbocycles. The molecule has 2 saturated heterocycles. The normalized spacial score (nSPS) is 19.8. The van der Waals surface area contributed by atoms with Gasteiger partial charge in [-0.25, -0.2) is 0 Å². The number of morpholine rings is 1. The number of nitrogens with zero attached hydrogens (tertiary/aromatic N) is 7. The van der Waals surface area contributed by atoms with Crippen LogP contribution in [0.5, 0.6) is 0 Å². The van der Waals surface area contributed by atoms with E-state index >= 15 is 0 Å². The molecule has 2 aliphatic heterocycles. The third-order valence-corrected chi connectivity index (χ3v) is 5.84. The minimum Gasteiger partial charge on any atom is -0.378 e. The van der Waals surface area contributed by atoms with E-state index in [1.807, 2.05) is 18.0 Å². The number of carbonyl (C=O) groups is 2. The lowest BCUT2D eigenvalue weighted by Crippen LogP contribution is -2.44. The monoisotopic (exact) mass is 415 g/mol. The van der Waals surface area contributed by atoms with Crippen LogP contribution in [0, 0.1) is 0 Å². The van der Waals surface area contributed by atoms with E-state index in [1.54, 1.807) is 26.7 Å². The molecule has 4 heterocycles. The number of amides is 2. The highest BCUT2D eigenvalue weighted by Gasteiger charge is 2.28. The summed E-state index contributed by atoms with van der Waals surface area (Å²) >= 11 is 0. The molecule has 0 N–H and O–H groups in total. The van der Waals surface area contributed by atoms with E-state index in [1.165, 1.54) is 0 Å². The second-order valence-corrected chi connectivity index (χ2v) is 7.79. The molecule has 4 rings (SSSR count). The summed E-state index contributed by atoms with van der Waals surface area (Å²) in [5.41, 5.74) is 1.00. The molecule has 162 valence electrons. The summed E-state index contributed by atoms with van der Waals surface area (Å²) in [4.78, 5) is 29.2. The number of ether oxygens (including phenoxy) is 1. The maximum atomic E-state index is 13.0. The van der Waals surface area contributed by atoms with E-state index in [4.69, 9.17) is 4.74 Å². The fourth-order valence-electron chi connectivity index (χ4n) is 4.10. The van der Waals surface area contributed by atoms with Gasteiger partial charge < -0.3 is 14.5 Å². The standard InChI is InChI=1S/C20H29N7O3/c1-2-25-14-16(13-21-25)19(28)27-7-4-3-5-17(27)6-8-26-15-18(22-23-26)20(29)24-9-11-30-12-10-24/h13-15,17H,2-12H2,1H3. The van der Waals surface area contributed by atoms with Gasteiger partial charge in [0, 0.05) is 45.0 Å². The van der Waals surface area contributed by atoms with E-state index in [0.717, 1.165) is 38.8 Å². The number of likely N-dealkylation sites (tertiary alicyclic amines) is 1. The van der Waals surface area contributed by atoms with Gasteiger partial charge in [0.2, 0.25) is 0 Å². The summed E-state index contributed by atoms with van der Waals surface area (Å²) in [7, 11) is 0. The zero-order valence-corrected chi connectivity index (χ0v) is 17.4. The predicted molar refractivity (Wildman–Crippen MR) is 108 cm³/mol. The molecule has 2 aromatic heterocycles. The molecule has 0 spiro atoms. The Bertz CT molecular complexity index is 871. The van der Waals surface area contributed by atoms with E-state index in [9.17, 15) is 9.59 Å². The molecule has 2 fully saturated rings. The summed E-state index contributed by atoms with van der Waals surface area (Å²) in [6.07, 6.45) is 9.06. The molecule has 0 radical (unpaired) electrons. The largest absolute Gasteiger partial charge is 0.378 e. The second kappa shape index (κ2) is 9.38. The van der Waals surface area contributed by atoms with Crippen LogP contribution >= 0.6 is 0 Å². The van der Waals surface area contributed by atoms with E-state index in [2.05, 4.69) is 15.4 Å². The third-order valence-electron chi connectivity index (χ3n) is 5.84. The van der Waals surface area contributed by atoms with Gasteiger partial charge in [0.15, 0.2) is 5.69 Å². The Labute approximate surface area is 175 Å². The van der Waals surface area contributed by atoms with Gasteiger partial charge in [-0.05, 0) is 32.6 Å². The predicted octanol–water partition coefficient (Wildman–Crippen LogP) is 1.05. The van der Waals surface area contributed by atoms with Crippen molar-refractivity contribution in [2.75, 3.05) is 32.8 Å². The summed E-state index contributed by atoms with van der Waals surface area (Å²) < 4.78 is 8.77. The maximum absolute atomic E-state index is 13.0. The van der Waals surface area contributed by atoms with Gasteiger partial charge in [-0.2, -0.15) is 5.10 Å². The fraction of sp³-hybridized carbons (Fsp3) is 0.650. The van der Waals surface area contributed by atoms with Crippen molar-refractivity contribution in [1.29, 1.82) is 0 Å². The number of aromatic nitrogens is 5. The summed E-state index contributed by atoms with van der Waals surface area (Å²) in [5, 5.41) is 12.4. The number of aryl methyl sites for hydroxylation is 2. The van der Waals surface area contributed by atoms with Crippen molar-refractivity contribution in [1.82, 2.24) is 34.6 Å². The molecule has 0 bridgehead atoms. The average Bonchev–Trinajstić information content (AvgIpc) is 3.47. The summed E-state index contributed by atoms with van der Waals surface area (Å²) in [5.74, 6) is -0.0619. The van der Waals surface area contributed by atoms with Gasteiger partial charge >= 0.3 is 0 Å². The van der Waals surface area contributed by atoms with Crippen LogP contribution < -0.4 is 0 Å². The zero-order chi connectivity index (χ0) is 20.9. The van der Waals surface area contributed by atoms with Gasteiger partial charge in [-0.1, -0.05) is 5.21 Å². The summed E-state index contributed by atoms with van der Waals surface area (Å²) in [6.45, 7) is 6.41. The molecular weight excluding hydrogens is 386 g/mol. The maximum Gasteiger partial charge on any atom is 0.276 e. The van der Waals surface area contributed by atoms with Gasteiger partial charge in [-0.15, -0.1) is 5.10 Å². The minimum absolute atomic E-state index is 0.0428. The van der Waals surface area contributed by atoms with Crippen LogP contribution in [0.25, 0.3) is 0 Å². The molecule has 2 aliphatic rings. The van der Waals surface area contributed by atoms with Crippen LogP contribution in [0.2, 0.25) is 0 Å². The molecule has 10 nitrogen and oxygen atoms in total. The Hall–Kier alpha value is -2.75. The average molecular weight is 415 g/mol. The highest BCUT2D eigenvalue weighted by Crippen LogP contribution is 2.22. The van der Waals surface area contributed by atoms with Crippen molar-refractivity contribution in [2.24, 2.45) is 0 Å². The van der Waals surface area contributed by atoms with E-state index in [0.29, 0.717) is 44.1 Å². The topological polar surface area (TPSA) is 98.4 Å². The highest BCUT2D eigenvalue weighted by atomic mass is 16.5. The smallest absolute Gasteiger partial charge is 0.276 e. The second-order valence-electron chi connectivity index (χ2n) is 7.79. The Morgan fingerprint density at radius 2 is 1.93 bits per heavy atom. The van der Waals surface area contributed by atoms with Gasteiger partial charge in [0.1, 0.15) is 0 Å². The van der Waals surface area contributed by atoms with Crippen molar-refractivity contribution < 1.29 is 14.3 Å². The van der Waals surface area contributed by atoms with Crippen molar-refractivity contribution in [3.05, 3.63) is 29.8 Å². The zero-order valence-electron chi connectivity index (χ0n) is 17.4. The van der Waals surface area contributed by atoms with Crippen molar-refractivity contribution in [2.45, 2.75) is 51.7 Å². The first kappa shape index (κ1) is 20.5. The van der Waals surface area contributed by atoms with Gasteiger partial charge in [0.25, 0.3) is 11.8 Å². The molecule has 2 aromatic rings. The lowest BCUT2D eigenvalue weighted by Gasteiger charge is -2.35. The highest BCUT2D eigenvalue weighted by molar-refractivity contribution is 5.94. The molecule has 1 unspecified atom stereocenters. The number of rotatable bonds is 6. The number of hydrogen-bond acceptors (Lipinski definition) is 6. The first-order chi connectivity index (χ1) is 14.7. The van der Waals surface area contributed by atoms with Crippen molar-refractivity contribution in [3.63, 3.8) is 0 Å². The van der Waals surface area contributed by atoms with Crippen molar-refractivity contribution in [3.8, 4) is 0 Å². The van der Waals surface area contributed by atoms with Crippen LogP contribution in [0.3, 0.4) is 0 Å². The van der Waals surface area contributed by atoms with Crippen molar-refractivity contribution >= 4 is 11.8 Å². The van der Waals surface area contributed by atoms with Crippen LogP contribution in [-0.2, 0) is 17.8 Å². The van der Waals surface area contributed by atoms with Crippen LogP contribution in [0.15, 0.2) is 18.6 Å². The molecule has 0 aromatic carbocycles. The quantitative estimate of drug-likeness (QED) is 0.699. The third kappa shape index (κ3) is 4.53. The Kier molecular flexibility index (Phi) is 6.41. The summed E-state index contributed by atoms with van der Waals surface area (Å²) in [6, 6.07) is 0.152. The van der Waals surface area contributed by atoms with Gasteiger partial charge in [0.05, 0.1) is 31.2 Å². The molecule has 10 heteroatoms. The molecular formula is C20H29N7O3. The molecule has 2 amide bonds. The SMILES string of the molecule is CCn1cc(C(=O)N2CCCCC2CCn2cc(C(=O)N3CCOCC3)nn2)cn1. The first-order valence-electron chi connectivity index (χ1n) is 10.8. The number of piperidine rings is 1. The Morgan fingerprint density at radius 1 is 1.10 bits per heavy atom. The van der Waals surface area contributed by atoms with Crippen LogP contribution in [0.4, 0.5) is 0 Å². The van der Waals surface area contributed by atoms with E-state index in [-0.39, 0.29) is 17.9 Å². The van der Waals surface area contributed by atoms with Gasteiger partial charge in [-0.3, -0.25) is 19.0 Å². The molecule has 30 heavy (non-hydrogen) atoms. The molecule has 1 atom stereocenters. The minimum atomic E-state index is -0.105. The fourth-order valence-corrected chi connectivity index (χ4v) is 4.10. The Balaban J connectivity index is 1.36. The van der Waals surface area contributed by atoms with Crippen LogP contribution in [-0.4, -0.2) is 85.3 Å². The van der Waals surface area contributed by atoms with E-state index < -0.39 is 0 Å². The number of carbonyl (C=O) groups excluding carboxylic acids is 2. The Morgan fingerprint density at radius 3 is 2.70 bits per heavy atom. The lowest BCUT2D eigenvalue weighted by atomic mass is 9.98. The lowest BCUT2D eigenvalue weighted by molar-refractivity contribution is 0.0299. The van der Waals surface area contributed by atoms with Crippen LogP contribution in [0.1, 0.15) is 53.5 Å². The first-order valence-corrected chi connectivity index (χ1v) is 10.8. The number of hydrogen-bond donors (Lipinski definition) is 0. The molecule has 0 saturated carbocycles.